The van der Waals surface area contributed by atoms with Gasteiger partial charge in [-0.2, -0.15) is 0 Å². The number of carboxylic acid groups (broad SMARTS) is 1. The number of rotatable bonds is 4. The van der Waals surface area contributed by atoms with E-state index >= 15 is 0 Å². The van der Waals surface area contributed by atoms with Crippen LogP contribution in [-0.2, 0) is 4.79 Å². The van der Waals surface area contributed by atoms with E-state index in [0.717, 1.165) is 12.8 Å². The molecule has 6 heteroatoms. The molecule has 1 aromatic rings. The van der Waals surface area contributed by atoms with E-state index in [4.69, 9.17) is 5.11 Å². The number of carbonyl (C=O) groups excluding carboxylic acids is 1. The van der Waals surface area contributed by atoms with Crippen LogP contribution in [0.3, 0.4) is 0 Å². The maximum atomic E-state index is 12.2. The van der Waals surface area contributed by atoms with E-state index in [1.807, 2.05) is 0 Å². The first-order valence-electron chi connectivity index (χ1n) is 6.44. The molecule has 0 unspecified atom stereocenters. The third-order valence-electron chi connectivity index (χ3n) is 3.35. The highest BCUT2D eigenvalue weighted by atomic mass is 16.4. The summed E-state index contributed by atoms with van der Waals surface area (Å²) in [4.78, 5) is 32.4. The normalized spacial score (nSPS) is 19.2. The first-order valence-corrected chi connectivity index (χ1v) is 6.44. The number of aliphatic carboxylic acids is 1. The van der Waals surface area contributed by atoms with Crippen molar-refractivity contribution in [2.24, 2.45) is 5.92 Å². The zero-order valence-corrected chi connectivity index (χ0v) is 10.7. The Bertz CT molecular complexity index is 450. The average molecular weight is 263 g/mol. The molecule has 0 spiro atoms. The molecular formula is C13H17N3O3. The number of nitrogens with zero attached hydrogens (tertiary/aromatic N) is 3. The highest BCUT2D eigenvalue weighted by molar-refractivity contribution is 5.92. The predicted octanol–water partition coefficient (Wildman–Crippen LogP) is 1.19. The third kappa shape index (κ3) is 3.74. The molecule has 0 aromatic carbocycles. The zero-order chi connectivity index (χ0) is 13.7. The topological polar surface area (TPSA) is 83.4 Å². The van der Waals surface area contributed by atoms with Gasteiger partial charge in [0.25, 0.3) is 5.91 Å². The second-order valence-electron chi connectivity index (χ2n) is 4.78. The van der Waals surface area contributed by atoms with Gasteiger partial charge in [-0.3, -0.25) is 14.6 Å². The number of likely N-dealkylation sites (tertiary alicyclic amines) is 1. The van der Waals surface area contributed by atoms with Crippen molar-refractivity contribution >= 4 is 11.9 Å². The molecule has 0 radical (unpaired) electrons. The van der Waals surface area contributed by atoms with Gasteiger partial charge < -0.3 is 10.0 Å². The Labute approximate surface area is 111 Å². The lowest BCUT2D eigenvalue weighted by Crippen LogP contribution is -2.40. The van der Waals surface area contributed by atoms with Gasteiger partial charge in [0.2, 0.25) is 0 Å². The van der Waals surface area contributed by atoms with Crippen molar-refractivity contribution in [1.29, 1.82) is 0 Å². The summed E-state index contributed by atoms with van der Waals surface area (Å²) in [6.45, 7) is 1.32. The van der Waals surface area contributed by atoms with Gasteiger partial charge in [0.05, 0.1) is 6.20 Å². The first kappa shape index (κ1) is 13.5. The molecule has 1 aliphatic rings. The van der Waals surface area contributed by atoms with Crippen LogP contribution in [0, 0.1) is 5.92 Å². The molecule has 1 atom stereocenters. The number of hydrogen-bond acceptors (Lipinski definition) is 4. The van der Waals surface area contributed by atoms with E-state index in [-0.39, 0.29) is 18.2 Å². The maximum Gasteiger partial charge on any atom is 0.303 e. The molecular weight excluding hydrogens is 246 g/mol. The number of hydrogen-bond donors (Lipinski definition) is 1. The molecule has 1 N–H and O–H groups in total. The molecule has 0 saturated carbocycles. The minimum Gasteiger partial charge on any atom is -0.481 e. The Kier molecular flexibility index (Phi) is 4.43. The lowest BCUT2D eigenvalue weighted by Gasteiger charge is -2.32. The van der Waals surface area contributed by atoms with Crippen molar-refractivity contribution in [3.05, 3.63) is 24.3 Å². The molecule has 19 heavy (non-hydrogen) atoms. The van der Waals surface area contributed by atoms with Gasteiger partial charge in [-0.25, -0.2) is 4.98 Å². The SMILES string of the molecule is O=C(O)CC[C@@H]1CCCN(C(=O)c2cnccn2)C1. The van der Waals surface area contributed by atoms with Crippen LogP contribution in [0.4, 0.5) is 0 Å². The molecule has 1 aromatic heterocycles. The summed E-state index contributed by atoms with van der Waals surface area (Å²) in [6, 6.07) is 0. The van der Waals surface area contributed by atoms with Crippen molar-refractivity contribution in [2.75, 3.05) is 13.1 Å². The average Bonchev–Trinajstić information content (AvgIpc) is 2.45. The Hall–Kier alpha value is -1.98. The molecule has 0 aliphatic carbocycles. The Balaban J connectivity index is 1.93. The summed E-state index contributed by atoms with van der Waals surface area (Å²) in [5.41, 5.74) is 0.349. The summed E-state index contributed by atoms with van der Waals surface area (Å²) in [7, 11) is 0. The summed E-state index contributed by atoms with van der Waals surface area (Å²) in [6.07, 6.45) is 7.18. The van der Waals surface area contributed by atoms with E-state index in [0.29, 0.717) is 25.2 Å². The van der Waals surface area contributed by atoms with E-state index in [1.54, 1.807) is 4.90 Å². The number of aromatic nitrogens is 2. The van der Waals surface area contributed by atoms with Crippen molar-refractivity contribution in [3.8, 4) is 0 Å². The molecule has 1 aliphatic heterocycles. The molecule has 6 nitrogen and oxygen atoms in total. The lowest BCUT2D eigenvalue weighted by molar-refractivity contribution is -0.137. The highest BCUT2D eigenvalue weighted by Gasteiger charge is 2.25. The van der Waals surface area contributed by atoms with Crippen LogP contribution in [0.5, 0.6) is 0 Å². The lowest BCUT2D eigenvalue weighted by atomic mass is 9.93. The Morgan fingerprint density at radius 2 is 2.26 bits per heavy atom. The van der Waals surface area contributed by atoms with Gasteiger partial charge in [0.1, 0.15) is 5.69 Å². The molecule has 0 bridgehead atoms. The Morgan fingerprint density at radius 1 is 1.42 bits per heavy atom. The van der Waals surface area contributed by atoms with Crippen LogP contribution in [0.1, 0.15) is 36.2 Å². The van der Waals surface area contributed by atoms with Crippen molar-refractivity contribution in [3.63, 3.8) is 0 Å². The van der Waals surface area contributed by atoms with Crippen LogP contribution in [-0.4, -0.2) is 44.9 Å². The fourth-order valence-corrected chi connectivity index (χ4v) is 2.38. The minimum absolute atomic E-state index is 0.117. The van der Waals surface area contributed by atoms with E-state index < -0.39 is 5.97 Å². The summed E-state index contributed by atoms with van der Waals surface area (Å²) in [5, 5.41) is 8.70. The van der Waals surface area contributed by atoms with Crippen LogP contribution in [0.25, 0.3) is 0 Å². The standard InChI is InChI=1S/C13H17N3O3/c17-12(18)4-3-10-2-1-7-16(9-10)13(19)11-8-14-5-6-15-11/h5-6,8,10H,1-4,7,9H2,(H,17,18)/t10-/m0/s1. The Morgan fingerprint density at radius 3 is 2.95 bits per heavy atom. The van der Waals surface area contributed by atoms with Crippen LogP contribution < -0.4 is 0 Å². The summed E-state index contributed by atoms with van der Waals surface area (Å²) in [5.74, 6) is -0.629. The quantitative estimate of drug-likeness (QED) is 0.882. The van der Waals surface area contributed by atoms with Crippen molar-refractivity contribution in [1.82, 2.24) is 14.9 Å². The summed E-state index contributed by atoms with van der Waals surface area (Å²) >= 11 is 0. The largest absolute Gasteiger partial charge is 0.481 e. The van der Waals surface area contributed by atoms with Crippen LogP contribution in [0.15, 0.2) is 18.6 Å². The predicted molar refractivity (Wildman–Crippen MR) is 67.5 cm³/mol. The number of carbonyl (C=O) groups is 2. The zero-order valence-electron chi connectivity index (χ0n) is 10.7. The fraction of sp³-hybridized carbons (Fsp3) is 0.538. The van der Waals surface area contributed by atoms with Gasteiger partial charge in [-0.15, -0.1) is 0 Å². The van der Waals surface area contributed by atoms with Crippen LogP contribution >= 0.6 is 0 Å². The van der Waals surface area contributed by atoms with Crippen molar-refractivity contribution < 1.29 is 14.7 Å². The molecule has 2 rings (SSSR count). The number of carboxylic acids is 1. The van der Waals surface area contributed by atoms with E-state index in [9.17, 15) is 9.59 Å². The smallest absolute Gasteiger partial charge is 0.303 e. The highest BCUT2D eigenvalue weighted by Crippen LogP contribution is 2.21. The number of piperidine rings is 1. The minimum atomic E-state index is -0.780. The van der Waals surface area contributed by atoms with Crippen molar-refractivity contribution in [2.45, 2.75) is 25.7 Å². The summed E-state index contributed by atoms with van der Waals surface area (Å²) < 4.78 is 0. The maximum absolute atomic E-state index is 12.2. The first-order chi connectivity index (χ1) is 9.16. The molecule has 1 saturated heterocycles. The fourth-order valence-electron chi connectivity index (χ4n) is 2.38. The van der Waals surface area contributed by atoms with Gasteiger partial charge in [-0.05, 0) is 25.2 Å². The monoisotopic (exact) mass is 263 g/mol. The molecule has 1 amide bonds. The van der Waals surface area contributed by atoms with Gasteiger partial charge >= 0.3 is 5.97 Å². The molecule has 102 valence electrons. The second-order valence-corrected chi connectivity index (χ2v) is 4.78. The van der Waals surface area contributed by atoms with Gasteiger partial charge in [0, 0.05) is 31.9 Å². The molecule has 1 fully saturated rings. The van der Waals surface area contributed by atoms with E-state index in [2.05, 4.69) is 9.97 Å². The van der Waals surface area contributed by atoms with Crippen LogP contribution in [0.2, 0.25) is 0 Å². The van der Waals surface area contributed by atoms with E-state index in [1.165, 1.54) is 18.6 Å². The molecule has 2 heterocycles. The van der Waals surface area contributed by atoms with Gasteiger partial charge in [-0.1, -0.05) is 0 Å². The number of amides is 1. The van der Waals surface area contributed by atoms with Gasteiger partial charge in [0.15, 0.2) is 0 Å². The second kappa shape index (κ2) is 6.26. The third-order valence-corrected chi connectivity index (χ3v) is 3.35.